The van der Waals surface area contributed by atoms with Gasteiger partial charge in [-0.2, -0.15) is 0 Å². The van der Waals surface area contributed by atoms with Crippen LogP contribution >= 0.6 is 0 Å². The van der Waals surface area contributed by atoms with Crippen LogP contribution in [-0.2, 0) is 0 Å². The Morgan fingerprint density at radius 3 is 2.45 bits per heavy atom. The molecule has 2 atom stereocenters. The summed E-state index contributed by atoms with van der Waals surface area (Å²) in [5.41, 5.74) is 1.53. The van der Waals surface area contributed by atoms with E-state index in [1.807, 2.05) is 0 Å². The van der Waals surface area contributed by atoms with Gasteiger partial charge in [0, 0.05) is 0 Å². The first kappa shape index (κ1) is 8.32. The summed E-state index contributed by atoms with van der Waals surface area (Å²) in [7, 11) is 0. The molecule has 0 aromatic heterocycles. The van der Waals surface area contributed by atoms with Crippen LogP contribution in [0.25, 0.3) is 0 Å². The first-order chi connectivity index (χ1) is 5.31. The third-order valence-corrected chi connectivity index (χ3v) is 2.52. The predicted octanol–water partition coefficient (Wildman–Crippen LogP) is 3.33. The Kier molecular flexibility index (Phi) is 2.70. The summed E-state index contributed by atoms with van der Waals surface area (Å²) in [4.78, 5) is 0. The van der Waals surface area contributed by atoms with E-state index in [2.05, 4.69) is 38.3 Å². The fraction of sp³-hybridized carbons (Fsp3) is 0.455. The maximum Gasteiger partial charge on any atom is -0.00201 e. The summed E-state index contributed by atoms with van der Waals surface area (Å²) in [6.07, 6.45) is 8.74. The van der Waals surface area contributed by atoms with Crippen molar-refractivity contribution in [1.29, 1.82) is 0 Å². The zero-order chi connectivity index (χ0) is 8.27. The second-order valence-electron chi connectivity index (χ2n) is 3.14. The first-order valence-corrected chi connectivity index (χ1v) is 4.22. The van der Waals surface area contributed by atoms with Crippen molar-refractivity contribution in [2.45, 2.75) is 19.8 Å². The standard InChI is InChI=1S/C11H16/c1-4-9-7-10(5-2)11(6-3)8-9/h4-6,9-10H,1-2,7-8H2,3H3/t9-,10+/m0/s1. The monoisotopic (exact) mass is 148 g/mol. The molecule has 0 bridgehead atoms. The third-order valence-electron chi connectivity index (χ3n) is 2.52. The minimum atomic E-state index is 0.614. The molecule has 0 heterocycles. The van der Waals surface area contributed by atoms with Crippen LogP contribution in [0.15, 0.2) is 37.0 Å². The molecule has 0 aromatic carbocycles. The maximum atomic E-state index is 3.83. The topological polar surface area (TPSA) is 0 Å². The van der Waals surface area contributed by atoms with Gasteiger partial charge in [-0.25, -0.2) is 0 Å². The lowest BCUT2D eigenvalue weighted by Crippen LogP contribution is -1.90. The van der Waals surface area contributed by atoms with E-state index in [4.69, 9.17) is 0 Å². The highest BCUT2D eigenvalue weighted by molar-refractivity contribution is 5.19. The Balaban J connectivity index is 2.69. The Morgan fingerprint density at radius 2 is 2.09 bits per heavy atom. The smallest absolute Gasteiger partial charge is 0.00201 e. The fourth-order valence-corrected chi connectivity index (χ4v) is 1.77. The second-order valence-corrected chi connectivity index (χ2v) is 3.14. The molecule has 0 radical (unpaired) electrons. The van der Waals surface area contributed by atoms with Gasteiger partial charge >= 0.3 is 0 Å². The molecule has 1 aliphatic carbocycles. The van der Waals surface area contributed by atoms with Crippen molar-refractivity contribution in [3.8, 4) is 0 Å². The number of hydrogen-bond donors (Lipinski definition) is 0. The molecular formula is C11H16. The van der Waals surface area contributed by atoms with Crippen LogP contribution in [-0.4, -0.2) is 0 Å². The zero-order valence-electron chi connectivity index (χ0n) is 7.22. The molecule has 0 aliphatic heterocycles. The molecule has 0 spiro atoms. The highest BCUT2D eigenvalue weighted by atomic mass is 14.3. The van der Waals surface area contributed by atoms with Crippen LogP contribution in [0.1, 0.15) is 19.8 Å². The van der Waals surface area contributed by atoms with Crippen molar-refractivity contribution in [3.05, 3.63) is 37.0 Å². The van der Waals surface area contributed by atoms with E-state index in [1.165, 1.54) is 18.4 Å². The van der Waals surface area contributed by atoms with Crippen LogP contribution in [0.5, 0.6) is 0 Å². The lowest BCUT2D eigenvalue weighted by molar-refractivity contribution is 0.648. The van der Waals surface area contributed by atoms with Crippen LogP contribution in [0.3, 0.4) is 0 Å². The van der Waals surface area contributed by atoms with Gasteiger partial charge in [-0.1, -0.05) is 23.8 Å². The molecule has 11 heavy (non-hydrogen) atoms. The van der Waals surface area contributed by atoms with Crippen molar-refractivity contribution < 1.29 is 0 Å². The van der Waals surface area contributed by atoms with Crippen LogP contribution < -0.4 is 0 Å². The number of allylic oxidation sites excluding steroid dienone is 4. The summed E-state index contributed by atoms with van der Waals surface area (Å²) < 4.78 is 0. The van der Waals surface area contributed by atoms with Crippen LogP contribution in [0.4, 0.5) is 0 Å². The predicted molar refractivity (Wildman–Crippen MR) is 50.4 cm³/mol. The summed E-state index contributed by atoms with van der Waals surface area (Å²) in [6, 6.07) is 0. The van der Waals surface area contributed by atoms with Crippen molar-refractivity contribution in [3.63, 3.8) is 0 Å². The molecule has 0 nitrogen and oxygen atoms in total. The highest BCUT2D eigenvalue weighted by Gasteiger charge is 2.23. The average Bonchev–Trinajstić information content (AvgIpc) is 2.46. The van der Waals surface area contributed by atoms with Gasteiger partial charge in [-0.3, -0.25) is 0 Å². The molecule has 1 aliphatic rings. The summed E-state index contributed by atoms with van der Waals surface area (Å²) in [6.45, 7) is 9.76. The van der Waals surface area contributed by atoms with E-state index < -0.39 is 0 Å². The Bertz CT molecular complexity index is 186. The van der Waals surface area contributed by atoms with Crippen molar-refractivity contribution >= 4 is 0 Å². The van der Waals surface area contributed by atoms with E-state index in [0.717, 1.165) is 0 Å². The quantitative estimate of drug-likeness (QED) is 0.527. The zero-order valence-corrected chi connectivity index (χ0v) is 7.22. The molecule has 0 heteroatoms. The van der Waals surface area contributed by atoms with Crippen LogP contribution in [0, 0.1) is 11.8 Å². The van der Waals surface area contributed by atoms with Gasteiger partial charge in [-0.05, 0) is 31.6 Å². The third kappa shape index (κ3) is 1.62. The number of hydrogen-bond acceptors (Lipinski definition) is 0. The number of rotatable bonds is 2. The van der Waals surface area contributed by atoms with Crippen molar-refractivity contribution in [2.24, 2.45) is 11.8 Å². The summed E-state index contributed by atoms with van der Waals surface area (Å²) in [5, 5.41) is 0. The van der Waals surface area contributed by atoms with E-state index in [-0.39, 0.29) is 0 Å². The molecule has 1 rings (SSSR count). The van der Waals surface area contributed by atoms with Crippen LogP contribution in [0.2, 0.25) is 0 Å². The van der Waals surface area contributed by atoms with Gasteiger partial charge in [0.05, 0.1) is 0 Å². The highest BCUT2D eigenvalue weighted by Crippen LogP contribution is 2.36. The SMILES string of the molecule is C=C[C@@H]1CC(=CC)[C@H](C=C)C1. The molecular weight excluding hydrogens is 132 g/mol. The minimum Gasteiger partial charge on any atom is -0.103 e. The van der Waals surface area contributed by atoms with Gasteiger partial charge in [0.2, 0.25) is 0 Å². The molecule has 60 valence electrons. The Labute approximate surface area is 69.3 Å². The van der Waals surface area contributed by atoms with E-state index >= 15 is 0 Å². The molecule has 0 unspecified atom stereocenters. The molecule has 1 saturated carbocycles. The van der Waals surface area contributed by atoms with Gasteiger partial charge in [0.15, 0.2) is 0 Å². The first-order valence-electron chi connectivity index (χ1n) is 4.22. The van der Waals surface area contributed by atoms with Gasteiger partial charge in [0.1, 0.15) is 0 Å². The normalized spacial score (nSPS) is 34.1. The van der Waals surface area contributed by atoms with Gasteiger partial charge < -0.3 is 0 Å². The average molecular weight is 148 g/mol. The second kappa shape index (κ2) is 3.56. The Morgan fingerprint density at radius 1 is 1.36 bits per heavy atom. The lowest BCUT2D eigenvalue weighted by Gasteiger charge is -2.02. The van der Waals surface area contributed by atoms with E-state index in [1.54, 1.807) is 0 Å². The Hall–Kier alpha value is -0.780. The molecule has 1 fully saturated rings. The van der Waals surface area contributed by atoms with Gasteiger partial charge in [0.25, 0.3) is 0 Å². The molecule has 0 amide bonds. The lowest BCUT2D eigenvalue weighted by atomic mass is 10.0. The summed E-state index contributed by atoms with van der Waals surface area (Å²) >= 11 is 0. The fourth-order valence-electron chi connectivity index (χ4n) is 1.77. The van der Waals surface area contributed by atoms with Crippen molar-refractivity contribution in [1.82, 2.24) is 0 Å². The summed E-state index contributed by atoms with van der Waals surface area (Å²) in [5.74, 6) is 1.30. The molecule has 0 aromatic rings. The van der Waals surface area contributed by atoms with Gasteiger partial charge in [-0.15, -0.1) is 13.2 Å². The van der Waals surface area contributed by atoms with E-state index in [0.29, 0.717) is 11.8 Å². The largest absolute Gasteiger partial charge is 0.103 e. The molecule has 0 N–H and O–H groups in total. The van der Waals surface area contributed by atoms with Crippen molar-refractivity contribution in [2.75, 3.05) is 0 Å². The molecule has 0 saturated heterocycles. The van der Waals surface area contributed by atoms with E-state index in [9.17, 15) is 0 Å². The minimum absolute atomic E-state index is 0.614. The maximum absolute atomic E-state index is 3.83.